The first-order valence-corrected chi connectivity index (χ1v) is 11.4. The summed E-state index contributed by atoms with van der Waals surface area (Å²) < 4.78 is 0. The number of alkyl halides is 1. The van der Waals surface area contributed by atoms with E-state index in [1.54, 1.807) is 5.57 Å². The molecule has 0 saturated heterocycles. The summed E-state index contributed by atoms with van der Waals surface area (Å²) in [5.74, 6) is 5.28. The SMILES string of the molecule is CC1=C[C@H]2CC[C@@H]3[C@H](CC[C@]4(C)[C@@H](C(=O)CBr)CCC[C@@H]34)[C@H]2CC1. The van der Waals surface area contributed by atoms with Crippen molar-refractivity contribution >= 4 is 21.7 Å². The van der Waals surface area contributed by atoms with E-state index in [1.807, 2.05) is 0 Å². The zero-order valence-electron chi connectivity index (χ0n) is 15.4. The molecule has 4 aliphatic carbocycles. The monoisotopic (exact) mass is 392 g/mol. The molecule has 0 unspecified atom stereocenters. The van der Waals surface area contributed by atoms with E-state index in [0.29, 0.717) is 17.0 Å². The van der Waals surface area contributed by atoms with Crippen molar-refractivity contribution in [3.05, 3.63) is 11.6 Å². The van der Waals surface area contributed by atoms with E-state index < -0.39 is 0 Å². The number of carbonyl (C=O) groups excluding carboxylic acids is 1. The molecule has 0 aromatic heterocycles. The normalized spacial score (nSPS) is 47.9. The summed E-state index contributed by atoms with van der Waals surface area (Å²) in [6.45, 7) is 4.81. The lowest BCUT2D eigenvalue weighted by Gasteiger charge is -2.59. The molecule has 0 bridgehead atoms. The number of allylic oxidation sites excluding steroid dienone is 2. The summed E-state index contributed by atoms with van der Waals surface area (Å²) in [7, 11) is 0. The van der Waals surface area contributed by atoms with E-state index in [9.17, 15) is 4.79 Å². The van der Waals surface area contributed by atoms with E-state index >= 15 is 0 Å². The van der Waals surface area contributed by atoms with Gasteiger partial charge >= 0.3 is 0 Å². The fraction of sp³-hybridized carbons (Fsp3) is 0.864. The van der Waals surface area contributed by atoms with Crippen LogP contribution >= 0.6 is 15.9 Å². The zero-order chi connectivity index (χ0) is 16.9. The van der Waals surface area contributed by atoms with Crippen molar-refractivity contribution in [1.82, 2.24) is 0 Å². The first-order chi connectivity index (χ1) is 11.5. The molecule has 0 spiro atoms. The number of ketones is 1. The summed E-state index contributed by atoms with van der Waals surface area (Å²) in [6.07, 6.45) is 14.7. The van der Waals surface area contributed by atoms with Gasteiger partial charge in [0.05, 0.1) is 5.33 Å². The quantitative estimate of drug-likeness (QED) is 0.405. The third kappa shape index (κ3) is 2.66. The average molecular weight is 393 g/mol. The number of rotatable bonds is 2. The Hall–Kier alpha value is -0.110. The highest BCUT2D eigenvalue weighted by Gasteiger charge is 2.55. The maximum absolute atomic E-state index is 12.6. The van der Waals surface area contributed by atoms with Crippen LogP contribution in [0.1, 0.15) is 71.6 Å². The predicted octanol–water partition coefficient (Wildman–Crippen LogP) is 6.17. The van der Waals surface area contributed by atoms with E-state index in [-0.39, 0.29) is 5.41 Å². The molecule has 0 aromatic carbocycles. The van der Waals surface area contributed by atoms with Gasteiger partial charge in [-0.3, -0.25) is 4.79 Å². The summed E-state index contributed by atoms with van der Waals surface area (Å²) in [6, 6.07) is 0. The van der Waals surface area contributed by atoms with E-state index in [2.05, 4.69) is 35.9 Å². The predicted molar refractivity (Wildman–Crippen MR) is 103 cm³/mol. The first kappa shape index (κ1) is 17.3. The Bertz CT molecular complexity index is 538. The van der Waals surface area contributed by atoms with Crippen LogP contribution in [0.15, 0.2) is 11.6 Å². The van der Waals surface area contributed by atoms with Crippen LogP contribution in [0.25, 0.3) is 0 Å². The number of halogens is 1. The van der Waals surface area contributed by atoms with Gasteiger partial charge in [0, 0.05) is 5.92 Å². The maximum atomic E-state index is 12.6. The Labute approximate surface area is 156 Å². The first-order valence-electron chi connectivity index (χ1n) is 10.3. The van der Waals surface area contributed by atoms with Crippen molar-refractivity contribution in [3.8, 4) is 0 Å². The largest absolute Gasteiger partial charge is 0.298 e. The second-order valence-electron chi connectivity index (χ2n) is 9.52. The van der Waals surface area contributed by atoms with Crippen LogP contribution in [0.4, 0.5) is 0 Å². The summed E-state index contributed by atoms with van der Waals surface area (Å²) >= 11 is 3.46. The molecule has 0 amide bonds. The summed E-state index contributed by atoms with van der Waals surface area (Å²) in [5.41, 5.74) is 1.92. The second-order valence-corrected chi connectivity index (χ2v) is 10.1. The highest BCUT2D eigenvalue weighted by Crippen LogP contribution is 2.62. The lowest BCUT2D eigenvalue weighted by atomic mass is 9.45. The van der Waals surface area contributed by atoms with E-state index in [0.717, 1.165) is 36.0 Å². The molecule has 0 aromatic rings. The fourth-order valence-corrected chi connectivity index (χ4v) is 7.87. The Morgan fingerprint density at radius 2 is 1.96 bits per heavy atom. The molecule has 1 nitrogen and oxygen atoms in total. The van der Waals surface area contributed by atoms with E-state index in [1.165, 1.54) is 51.4 Å². The Kier molecular flexibility index (Phi) is 4.73. The highest BCUT2D eigenvalue weighted by molar-refractivity contribution is 9.09. The number of fused-ring (bicyclic) bond motifs is 5. The molecule has 0 heterocycles. The number of hydrogen-bond acceptors (Lipinski definition) is 1. The van der Waals surface area contributed by atoms with Gasteiger partial charge < -0.3 is 0 Å². The molecule has 3 saturated carbocycles. The molecule has 0 radical (unpaired) electrons. The minimum atomic E-state index is 0.289. The van der Waals surface area contributed by atoms with Crippen molar-refractivity contribution in [2.45, 2.75) is 71.6 Å². The van der Waals surface area contributed by atoms with Crippen LogP contribution in [0, 0.1) is 40.9 Å². The van der Waals surface area contributed by atoms with Crippen LogP contribution in [0.5, 0.6) is 0 Å². The third-order valence-corrected chi connectivity index (χ3v) is 9.11. The molecule has 3 fully saturated rings. The molecule has 134 valence electrons. The Balaban J connectivity index is 1.59. The number of Topliss-reactive ketones (excluding diaryl/α,β-unsaturated/α-hetero) is 1. The van der Waals surface area contributed by atoms with Crippen molar-refractivity contribution in [1.29, 1.82) is 0 Å². The topological polar surface area (TPSA) is 17.1 Å². The van der Waals surface area contributed by atoms with Crippen LogP contribution in [-0.4, -0.2) is 11.1 Å². The molecule has 4 rings (SSSR count). The molecule has 2 heteroatoms. The van der Waals surface area contributed by atoms with Crippen LogP contribution in [-0.2, 0) is 4.79 Å². The fourth-order valence-electron chi connectivity index (χ4n) is 7.48. The lowest BCUT2D eigenvalue weighted by Crippen LogP contribution is -2.53. The second kappa shape index (κ2) is 6.56. The molecule has 24 heavy (non-hydrogen) atoms. The Morgan fingerprint density at radius 1 is 1.12 bits per heavy atom. The maximum Gasteiger partial charge on any atom is 0.147 e. The third-order valence-electron chi connectivity index (χ3n) is 8.56. The van der Waals surface area contributed by atoms with Gasteiger partial charge in [-0.15, -0.1) is 0 Å². The van der Waals surface area contributed by atoms with Gasteiger partial charge in [-0.25, -0.2) is 0 Å². The van der Waals surface area contributed by atoms with Gasteiger partial charge in [0.15, 0.2) is 0 Å². The molecule has 4 aliphatic rings. The standard InChI is InChI=1S/C22H33BrO/c1-14-6-8-16-15(12-14)7-9-18-17(16)10-11-22(2)19(18)4-3-5-20(22)21(24)13-23/h12,15-20H,3-11,13H2,1-2H3/t15-,16+,17-,18-,19+,20-,22+/m1/s1. The molecule has 0 N–H and O–H groups in total. The van der Waals surface area contributed by atoms with Gasteiger partial charge in [-0.05, 0) is 93.3 Å². The van der Waals surface area contributed by atoms with Gasteiger partial charge in [0.25, 0.3) is 0 Å². The smallest absolute Gasteiger partial charge is 0.147 e. The minimum absolute atomic E-state index is 0.289. The van der Waals surface area contributed by atoms with Crippen molar-refractivity contribution in [2.24, 2.45) is 40.9 Å². The number of hydrogen-bond donors (Lipinski definition) is 0. The van der Waals surface area contributed by atoms with E-state index in [4.69, 9.17) is 0 Å². The number of carbonyl (C=O) groups is 1. The van der Waals surface area contributed by atoms with Gasteiger partial charge in [0.2, 0.25) is 0 Å². The van der Waals surface area contributed by atoms with Gasteiger partial charge in [-0.1, -0.05) is 40.9 Å². The highest BCUT2D eigenvalue weighted by atomic mass is 79.9. The van der Waals surface area contributed by atoms with Crippen molar-refractivity contribution < 1.29 is 4.79 Å². The van der Waals surface area contributed by atoms with Crippen LogP contribution in [0.3, 0.4) is 0 Å². The van der Waals surface area contributed by atoms with Gasteiger partial charge in [-0.2, -0.15) is 0 Å². The zero-order valence-corrected chi connectivity index (χ0v) is 17.0. The lowest BCUT2D eigenvalue weighted by molar-refractivity contribution is -0.139. The van der Waals surface area contributed by atoms with Crippen molar-refractivity contribution in [2.75, 3.05) is 5.33 Å². The molecular formula is C22H33BrO. The van der Waals surface area contributed by atoms with Crippen LogP contribution < -0.4 is 0 Å². The molecule has 7 atom stereocenters. The molecular weight excluding hydrogens is 360 g/mol. The Morgan fingerprint density at radius 3 is 2.75 bits per heavy atom. The van der Waals surface area contributed by atoms with Crippen LogP contribution in [0.2, 0.25) is 0 Å². The van der Waals surface area contributed by atoms with Gasteiger partial charge in [0.1, 0.15) is 5.78 Å². The minimum Gasteiger partial charge on any atom is -0.298 e. The summed E-state index contributed by atoms with van der Waals surface area (Å²) in [4.78, 5) is 12.6. The average Bonchev–Trinajstić information content (AvgIpc) is 2.59. The van der Waals surface area contributed by atoms with Crippen molar-refractivity contribution in [3.63, 3.8) is 0 Å². The molecule has 0 aliphatic heterocycles. The summed E-state index contributed by atoms with van der Waals surface area (Å²) in [5, 5.41) is 0.558.